The second kappa shape index (κ2) is 9.34. The summed E-state index contributed by atoms with van der Waals surface area (Å²) in [6.45, 7) is 5.96. The van der Waals surface area contributed by atoms with Crippen LogP contribution in [0.3, 0.4) is 0 Å². The molecule has 9 nitrogen and oxygen atoms in total. The van der Waals surface area contributed by atoms with E-state index in [1.54, 1.807) is 44.2 Å². The van der Waals surface area contributed by atoms with Gasteiger partial charge in [-0.25, -0.2) is 17.7 Å². The van der Waals surface area contributed by atoms with Crippen LogP contribution < -0.4 is 10.2 Å². The Morgan fingerprint density at radius 1 is 1.17 bits per heavy atom. The Kier molecular flexibility index (Phi) is 6.72. The van der Waals surface area contributed by atoms with Gasteiger partial charge in [0.2, 0.25) is 15.9 Å². The summed E-state index contributed by atoms with van der Waals surface area (Å²) in [6, 6.07) is 11.0. The standard InChI is InChI=1S/C26H32N4O5S/c1-16-13-24(31)28-21-10-8-17(14-19(16)21)27-25(32)20-15-18(36(34,35)29(4)5)9-11-22(20)30-12-6-7-23(30)26(2,3)33/h8-11,13-15,23,33H,6-7,12H2,1-5H3,(H,27,32)(H,28,31). The number of pyridine rings is 1. The second-order valence-corrected chi connectivity index (χ2v) is 12.1. The number of nitrogens with one attached hydrogen (secondary N) is 1. The van der Waals surface area contributed by atoms with Crippen LogP contribution >= 0.6 is 0 Å². The SMILES string of the molecule is Cc1cc(O)nc2ccc(NC(=O)c3cc(S(=O)(=O)N(C)C)ccc3N3CCCC3C(C)(C)O)cc12. The zero-order valence-corrected chi connectivity index (χ0v) is 21.9. The predicted molar refractivity (Wildman–Crippen MR) is 140 cm³/mol. The van der Waals surface area contributed by atoms with E-state index < -0.39 is 21.5 Å². The Balaban J connectivity index is 1.78. The molecule has 2 aromatic carbocycles. The molecule has 4 rings (SSSR count). The molecule has 1 amide bonds. The number of nitrogens with zero attached hydrogens (tertiary/aromatic N) is 3. The average molecular weight is 513 g/mol. The quantitative estimate of drug-likeness (QED) is 0.462. The minimum atomic E-state index is -3.77. The third kappa shape index (κ3) is 4.88. The summed E-state index contributed by atoms with van der Waals surface area (Å²) in [6.07, 6.45) is 1.60. The molecule has 0 saturated carbocycles. The van der Waals surface area contributed by atoms with E-state index >= 15 is 0 Å². The van der Waals surface area contributed by atoms with Crippen LogP contribution in [0.5, 0.6) is 5.88 Å². The molecule has 192 valence electrons. The molecule has 3 aromatic rings. The minimum Gasteiger partial charge on any atom is -0.493 e. The van der Waals surface area contributed by atoms with Crippen molar-refractivity contribution in [3.05, 3.63) is 53.6 Å². The molecule has 1 aliphatic rings. The summed E-state index contributed by atoms with van der Waals surface area (Å²) in [5, 5.41) is 24.2. The topological polar surface area (TPSA) is 123 Å². The minimum absolute atomic E-state index is 0.00874. The first-order valence-corrected chi connectivity index (χ1v) is 13.2. The van der Waals surface area contributed by atoms with E-state index in [1.807, 2.05) is 11.8 Å². The van der Waals surface area contributed by atoms with Gasteiger partial charge in [-0.1, -0.05) is 0 Å². The van der Waals surface area contributed by atoms with E-state index in [0.29, 0.717) is 23.4 Å². The Hall–Kier alpha value is -3.21. The third-order valence-electron chi connectivity index (χ3n) is 6.63. The number of benzene rings is 2. The van der Waals surface area contributed by atoms with E-state index in [4.69, 9.17) is 0 Å². The molecular formula is C26H32N4O5S. The highest BCUT2D eigenvalue weighted by Gasteiger charge is 2.37. The summed E-state index contributed by atoms with van der Waals surface area (Å²) in [5.74, 6) is -0.543. The molecule has 0 bridgehead atoms. The van der Waals surface area contributed by atoms with Crippen LogP contribution in [0, 0.1) is 6.92 Å². The predicted octanol–water partition coefficient (Wildman–Crippen LogP) is 3.49. The Morgan fingerprint density at radius 2 is 1.89 bits per heavy atom. The fraction of sp³-hybridized carbons (Fsp3) is 0.385. The van der Waals surface area contributed by atoms with Crippen LogP contribution in [0.25, 0.3) is 10.9 Å². The second-order valence-electron chi connectivity index (χ2n) is 9.95. The van der Waals surface area contributed by atoms with Gasteiger partial charge in [0.1, 0.15) is 0 Å². The number of aromatic nitrogens is 1. The molecule has 0 aliphatic carbocycles. The zero-order chi connectivity index (χ0) is 26.4. The monoisotopic (exact) mass is 512 g/mol. The Bertz CT molecular complexity index is 1430. The molecule has 1 aromatic heterocycles. The molecule has 36 heavy (non-hydrogen) atoms. The molecule has 2 heterocycles. The first-order chi connectivity index (χ1) is 16.8. The van der Waals surface area contributed by atoms with Crippen molar-refractivity contribution in [1.82, 2.24) is 9.29 Å². The number of amides is 1. The number of carbonyl (C=O) groups excluding carboxylic acids is 1. The fourth-order valence-corrected chi connectivity index (χ4v) is 5.69. The van der Waals surface area contributed by atoms with Crippen molar-refractivity contribution in [3.63, 3.8) is 0 Å². The number of sulfonamides is 1. The summed E-state index contributed by atoms with van der Waals surface area (Å²) in [5.41, 5.74) is 1.67. The lowest BCUT2D eigenvalue weighted by Crippen LogP contribution is -2.46. The van der Waals surface area contributed by atoms with Gasteiger partial charge in [0.05, 0.1) is 27.6 Å². The van der Waals surface area contributed by atoms with Gasteiger partial charge in [0.15, 0.2) is 0 Å². The van der Waals surface area contributed by atoms with Gasteiger partial charge >= 0.3 is 0 Å². The molecule has 1 unspecified atom stereocenters. The van der Waals surface area contributed by atoms with Gasteiger partial charge < -0.3 is 20.4 Å². The summed E-state index contributed by atoms with van der Waals surface area (Å²) in [4.78, 5) is 19.7. The molecule has 3 N–H and O–H groups in total. The van der Waals surface area contributed by atoms with Crippen molar-refractivity contribution >= 4 is 38.2 Å². The van der Waals surface area contributed by atoms with E-state index in [1.165, 1.54) is 26.2 Å². The molecular weight excluding hydrogens is 480 g/mol. The van der Waals surface area contributed by atoms with Gasteiger partial charge in [0, 0.05) is 43.5 Å². The largest absolute Gasteiger partial charge is 0.493 e. The van der Waals surface area contributed by atoms with Crippen LogP contribution in [0.15, 0.2) is 47.4 Å². The van der Waals surface area contributed by atoms with E-state index in [9.17, 15) is 23.4 Å². The van der Waals surface area contributed by atoms with Gasteiger partial charge in [0.25, 0.3) is 5.91 Å². The molecule has 10 heteroatoms. The number of carbonyl (C=O) groups is 1. The number of fused-ring (bicyclic) bond motifs is 1. The Morgan fingerprint density at radius 3 is 2.56 bits per heavy atom. The zero-order valence-electron chi connectivity index (χ0n) is 21.1. The van der Waals surface area contributed by atoms with Crippen molar-refractivity contribution in [1.29, 1.82) is 0 Å². The van der Waals surface area contributed by atoms with Crippen molar-refractivity contribution < 1.29 is 23.4 Å². The molecule has 0 radical (unpaired) electrons. The summed E-state index contributed by atoms with van der Waals surface area (Å²) >= 11 is 0. The normalized spacial score (nSPS) is 16.6. The molecule has 1 saturated heterocycles. The lowest BCUT2D eigenvalue weighted by Gasteiger charge is -2.36. The maximum absolute atomic E-state index is 13.6. The first-order valence-electron chi connectivity index (χ1n) is 11.8. The highest BCUT2D eigenvalue weighted by Crippen LogP contribution is 2.35. The average Bonchev–Trinajstić information content (AvgIpc) is 3.29. The number of aromatic hydroxyl groups is 1. The lowest BCUT2D eigenvalue weighted by molar-refractivity contribution is 0.0534. The van der Waals surface area contributed by atoms with Crippen molar-refractivity contribution in [3.8, 4) is 5.88 Å². The van der Waals surface area contributed by atoms with Crippen molar-refractivity contribution in [2.75, 3.05) is 30.9 Å². The number of aliphatic hydroxyl groups is 1. The van der Waals surface area contributed by atoms with E-state index in [-0.39, 0.29) is 22.4 Å². The van der Waals surface area contributed by atoms with Crippen molar-refractivity contribution in [2.45, 2.75) is 50.2 Å². The van der Waals surface area contributed by atoms with Gasteiger partial charge in [-0.3, -0.25) is 4.79 Å². The molecule has 0 spiro atoms. The summed E-state index contributed by atoms with van der Waals surface area (Å²) < 4.78 is 26.8. The molecule has 1 aliphatic heterocycles. The van der Waals surface area contributed by atoms with Crippen LogP contribution in [-0.2, 0) is 10.0 Å². The lowest BCUT2D eigenvalue weighted by atomic mass is 9.96. The smallest absolute Gasteiger partial charge is 0.257 e. The van der Waals surface area contributed by atoms with Gasteiger partial charge in [-0.05, 0) is 75.6 Å². The van der Waals surface area contributed by atoms with Crippen LogP contribution in [0.2, 0.25) is 0 Å². The number of rotatable bonds is 6. The molecule has 1 atom stereocenters. The van der Waals surface area contributed by atoms with Crippen LogP contribution in [0.1, 0.15) is 42.6 Å². The van der Waals surface area contributed by atoms with E-state index in [0.717, 1.165) is 28.1 Å². The fourth-order valence-electron chi connectivity index (χ4n) is 4.76. The third-order valence-corrected chi connectivity index (χ3v) is 8.44. The number of aryl methyl sites for hydroxylation is 1. The van der Waals surface area contributed by atoms with Crippen LogP contribution in [0.4, 0.5) is 11.4 Å². The number of hydrogen-bond acceptors (Lipinski definition) is 7. The highest BCUT2D eigenvalue weighted by atomic mass is 32.2. The van der Waals surface area contributed by atoms with Gasteiger partial charge in [-0.2, -0.15) is 0 Å². The van der Waals surface area contributed by atoms with Gasteiger partial charge in [-0.15, -0.1) is 0 Å². The van der Waals surface area contributed by atoms with Crippen LogP contribution in [-0.4, -0.2) is 66.1 Å². The maximum atomic E-state index is 13.6. The highest BCUT2D eigenvalue weighted by molar-refractivity contribution is 7.89. The summed E-state index contributed by atoms with van der Waals surface area (Å²) in [7, 11) is -0.890. The van der Waals surface area contributed by atoms with Crippen molar-refractivity contribution in [2.24, 2.45) is 0 Å². The maximum Gasteiger partial charge on any atom is 0.257 e. The molecule has 1 fully saturated rings. The number of hydrogen-bond donors (Lipinski definition) is 3. The van der Waals surface area contributed by atoms with E-state index in [2.05, 4.69) is 10.3 Å². The first kappa shape index (κ1) is 25.9. The number of anilines is 2. The Labute approximate surface area is 211 Å².